The van der Waals surface area contributed by atoms with Gasteiger partial charge in [-0.2, -0.15) is 0 Å². The molecule has 0 aliphatic heterocycles. The maximum absolute atomic E-state index is 12.7. The largest absolute Gasteiger partial charge is 0.390 e. The van der Waals surface area contributed by atoms with Crippen molar-refractivity contribution in [1.29, 1.82) is 0 Å². The van der Waals surface area contributed by atoms with Gasteiger partial charge in [-0.05, 0) is 61.8 Å². The lowest BCUT2D eigenvalue weighted by Crippen LogP contribution is -2.65. The van der Waals surface area contributed by atoms with Crippen LogP contribution in [0.25, 0.3) is 0 Å². The number of hydrogen-bond donors (Lipinski definition) is 2. The van der Waals surface area contributed by atoms with E-state index in [9.17, 15) is 15.0 Å². The van der Waals surface area contributed by atoms with Crippen molar-refractivity contribution in [3.63, 3.8) is 0 Å². The first-order valence-electron chi connectivity index (χ1n) is 12.2. The Labute approximate surface area is 194 Å². The van der Waals surface area contributed by atoms with E-state index in [1.165, 1.54) is 5.56 Å². The second kappa shape index (κ2) is 6.97. The lowest BCUT2D eigenvalue weighted by atomic mass is 9.43. The van der Waals surface area contributed by atoms with Crippen molar-refractivity contribution in [3.8, 4) is 0 Å². The number of aliphatic hydroxyl groups is 2. The minimum Gasteiger partial charge on any atom is -0.390 e. The molecule has 0 spiro atoms. The van der Waals surface area contributed by atoms with Gasteiger partial charge in [0.05, 0.1) is 21.7 Å². The van der Waals surface area contributed by atoms with Gasteiger partial charge in [-0.25, -0.2) is 4.98 Å². The van der Waals surface area contributed by atoms with Gasteiger partial charge < -0.3 is 10.2 Å². The van der Waals surface area contributed by atoms with Gasteiger partial charge >= 0.3 is 0 Å². The summed E-state index contributed by atoms with van der Waals surface area (Å²) in [4.78, 5) is 18.5. The molecular formula is C27H33NO3S. The van der Waals surface area contributed by atoms with Crippen LogP contribution in [0.1, 0.15) is 73.5 Å². The molecule has 3 saturated carbocycles. The van der Waals surface area contributed by atoms with Crippen LogP contribution in [0.4, 0.5) is 0 Å². The van der Waals surface area contributed by atoms with Gasteiger partial charge in [0.1, 0.15) is 11.4 Å². The zero-order valence-electron chi connectivity index (χ0n) is 19.0. The summed E-state index contributed by atoms with van der Waals surface area (Å²) in [6.07, 6.45) is 5.78. The number of benzene rings is 1. The second-order valence-electron chi connectivity index (χ2n) is 11.3. The van der Waals surface area contributed by atoms with Crippen molar-refractivity contribution in [1.82, 2.24) is 4.98 Å². The topological polar surface area (TPSA) is 70.4 Å². The number of nitrogens with zero attached hydrogens (tertiary/aromatic N) is 1. The van der Waals surface area contributed by atoms with Crippen molar-refractivity contribution >= 4 is 17.1 Å². The Balaban J connectivity index is 1.38. The number of thiazole rings is 1. The first kappa shape index (κ1) is 21.0. The van der Waals surface area contributed by atoms with Crippen molar-refractivity contribution in [2.45, 2.75) is 76.9 Å². The van der Waals surface area contributed by atoms with Crippen molar-refractivity contribution in [2.24, 2.45) is 28.6 Å². The standard InChI is InChI=1S/C27H33NO3S/c1-25-12-10-19-17(18(25)8-9-21(25)29)15-22(30)27(31)24-20(11-13-26(19,27)2)28-23(32-24)14-16-6-4-3-5-7-16/h3-7,17-19,22,30-31H,8-15H2,1-2H3/t17-,18-,19-,22-,25-,26+,27+/m0/s1. The zero-order valence-corrected chi connectivity index (χ0v) is 19.8. The highest BCUT2D eigenvalue weighted by Crippen LogP contribution is 2.68. The third-order valence-electron chi connectivity index (χ3n) is 9.98. The van der Waals surface area contributed by atoms with Gasteiger partial charge in [0, 0.05) is 23.7 Å². The third-order valence-corrected chi connectivity index (χ3v) is 11.2. The van der Waals surface area contributed by atoms with Gasteiger partial charge in [0.15, 0.2) is 0 Å². The molecule has 5 heteroatoms. The van der Waals surface area contributed by atoms with E-state index < -0.39 is 11.7 Å². The number of rotatable bonds is 2. The minimum atomic E-state index is -1.25. The van der Waals surface area contributed by atoms with Crippen molar-refractivity contribution in [2.75, 3.05) is 0 Å². The number of ketones is 1. The SMILES string of the molecule is C[C@]12CC[C@H]3[C@@H](C[C@H](O)[C@@]4(O)c5sc(Cc6ccccc6)nc5CC[C@]34C)[C@@H]1CCC2=O. The predicted molar refractivity (Wildman–Crippen MR) is 124 cm³/mol. The quantitative estimate of drug-likeness (QED) is 0.697. The van der Waals surface area contributed by atoms with Crippen LogP contribution in [0.2, 0.25) is 0 Å². The number of fused-ring (bicyclic) bond motifs is 7. The van der Waals surface area contributed by atoms with Crippen LogP contribution < -0.4 is 0 Å². The zero-order chi connectivity index (χ0) is 22.3. The summed E-state index contributed by atoms with van der Waals surface area (Å²) < 4.78 is 0. The lowest BCUT2D eigenvalue weighted by molar-refractivity contribution is -0.247. The summed E-state index contributed by atoms with van der Waals surface area (Å²) in [5, 5.41) is 24.8. The summed E-state index contributed by atoms with van der Waals surface area (Å²) in [5.74, 6) is 1.42. The summed E-state index contributed by atoms with van der Waals surface area (Å²) >= 11 is 1.60. The maximum atomic E-state index is 12.7. The molecule has 0 radical (unpaired) electrons. The molecule has 0 unspecified atom stereocenters. The molecule has 32 heavy (non-hydrogen) atoms. The smallest absolute Gasteiger partial charge is 0.139 e. The summed E-state index contributed by atoms with van der Waals surface area (Å²) in [5.41, 5.74) is 0.348. The molecule has 1 heterocycles. The first-order valence-corrected chi connectivity index (χ1v) is 13.1. The molecule has 4 aliphatic rings. The van der Waals surface area contributed by atoms with Gasteiger partial charge in [0.2, 0.25) is 0 Å². The maximum Gasteiger partial charge on any atom is 0.139 e. The van der Waals surface area contributed by atoms with Crippen molar-refractivity contribution < 1.29 is 15.0 Å². The van der Waals surface area contributed by atoms with E-state index in [0.717, 1.165) is 54.1 Å². The van der Waals surface area contributed by atoms with Crippen LogP contribution >= 0.6 is 11.3 Å². The Morgan fingerprint density at radius 1 is 1.09 bits per heavy atom. The highest BCUT2D eigenvalue weighted by atomic mass is 32.1. The fraction of sp³-hybridized carbons (Fsp3) is 0.630. The lowest BCUT2D eigenvalue weighted by Gasteiger charge is -2.63. The molecule has 2 aromatic rings. The predicted octanol–water partition coefficient (Wildman–Crippen LogP) is 4.65. The molecule has 3 fully saturated rings. The third kappa shape index (κ3) is 2.62. The van der Waals surface area contributed by atoms with Gasteiger partial charge in [-0.15, -0.1) is 11.3 Å². The summed E-state index contributed by atoms with van der Waals surface area (Å²) in [7, 11) is 0. The average molecular weight is 452 g/mol. The number of hydrogen-bond acceptors (Lipinski definition) is 5. The molecule has 4 nitrogen and oxygen atoms in total. The molecule has 6 rings (SSSR count). The molecular weight excluding hydrogens is 418 g/mol. The molecule has 0 saturated heterocycles. The molecule has 7 atom stereocenters. The fourth-order valence-corrected chi connectivity index (χ4v) is 9.57. The number of carbonyl (C=O) groups excluding carboxylic acids is 1. The van der Waals surface area contributed by atoms with Crippen LogP contribution in [-0.4, -0.2) is 27.1 Å². The number of aliphatic hydroxyl groups excluding tert-OH is 1. The Morgan fingerprint density at radius 2 is 1.88 bits per heavy atom. The molecule has 1 aromatic heterocycles. The highest BCUT2D eigenvalue weighted by molar-refractivity contribution is 7.12. The molecule has 1 aromatic carbocycles. The van der Waals surface area contributed by atoms with Crippen LogP contribution in [-0.2, 0) is 23.2 Å². The van der Waals surface area contributed by atoms with Gasteiger partial charge in [-0.1, -0.05) is 44.2 Å². The fourth-order valence-electron chi connectivity index (χ4n) is 8.15. The van der Waals surface area contributed by atoms with Crippen LogP contribution in [0, 0.1) is 28.6 Å². The van der Waals surface area contributed by atoms with E-state index in [1.807, 2.05) is 18.2 Å². The van der Waals surface area contributed by atoms with Crippen LogP contribution in [0.3, 0.4) is 0 Å². The Kier molecular flexibility index (Phi) is 4.58. The first-order chi connectivity index (χ1) is 15.3. The number of aromatic nitrogens is 1. The average Bonchev–Trinajstić information content (AvgIpc) is 3.32. The van der Waals surface area contributed by atoms with Gasteiger partial charge in [0.25, 0.3) is 0 Å². The number of carbonyl (C=O) groups is 1. The van der Waals surface area contributed by atoms with E-state index in [0.29, 0.717) is 36.4 Å². The van der Waals surface area contributed by atoms with Gasteiger partial charge in [-0.3, -0.25) is 4.79 Å². The molecule has 0 amide bonds. The highest BCUT2D eigenvalue weighted by Gasteiger charge is 2.68. The minimum absolute atomic E-state index is 0.222. The Hall–Kier alpha value is -1.56. The monoisotopic (exact) mass is 451 g/mol. The van der Waals surface area contributed by atoms with E-state index in [2.05, 4.69) is 26.0 Å². The second-order valence-corrected chi connectivity index (χ2v) is 12.4. The van der Waals surface area contributed by atoms with E-state index >= 15 is 0 Å². The Bertz CT molecular complexity index is 1070. The molecule has 2 N–H and O–H groups in total. The normalized spacial score (nSPS) is 42.7. The van der Waals surface area contributed by atoms with Crippen LogP contribution in [0.5, 0.6) is 0 Å². The molecule has 0 bridgehead atoms. The Morgan fingerprint density at radius 3 is 2.66 bits per heavy atom. The number of Topliss-reactive ketones (excluding diaryl/α,β-unsaturated/α-hetero) is 1. The summed E-state index contributed by atoms with van der Waals surface area (Å²) in [6.45, 7) is 4.38. The van der Waals surface area contributed by atoms with E-state index in [-0.39, 0.29) is 10.8 Å². The van der Waals surface area contributed by atoms with E-state index in [1.54, 1.807) is 11.3 Å². The van der Waals surface area contributed by atoms with Crippen LogP contribution in [0.15, 0.2) is 30.3 Å². The molecule has 4 aliphatic carbocycles. The van der Waals surface area contributed by atoms with Crippen molar-refractivity contribution in [3.05, 3.63) is 51.5 Å². The number of aryl methyl sites for hydroxylation is 1. The van der Waals surface area contributed by atoms with E-state index in [4.69, 9.17) is 4.98 Å². The summed E-state index contributed by atoms with van der Waals surface area (Å²) in [6, 6.07) is 10.3. The molecule has 170 valence electrons.